The lowest BCUT2D eigenvalue weighted by atomic mass is 9.63. The van der Waals surface area contributed by atoms with Gasteiger partial charge in [0, 0.05) is 6.42 Å². The van der Waals surface area contributed by atoms with Gasteiger partial charge in [0.1, 0.15) is 6.10 Å². The lowest BCUT2D eigenvalue weighted by Crippen LogP contribution is -2.65. The Labute approximate surface area is 102 Å². The van der Waals surface area contributed by atoms with Crippen molar-refractivity contribution in [3.8, 4) is 0 Å². The Bertz CT molecular complexity index is 282. The van der Waals surface area contributed by atoms with E-state index in [1.807, 2.05) is 0 Å². The molecule has 0 aromatic carbocycles. The second-order valence-electron chi connectivity index (χ2n) is 5.06. The van der Waals surface area contributed by atoms with Crippen LogP contribution in [0.3, 0.4) is 0 Å². The van der Waals surface area contributed by atoms with Crippen LogP contribution >= 0.6 is 0 Å². The highest BCUT2D eigenvalue weighted by Gasteiger charge is 2.56. The summed E-state index contributed by atoms with van der Waals surface area (Å²) >= 11 is 0. The molecule has 0 spiro atoms. The molecule has 2 saturated carbocycles. The number of rotatable bonds is 2. The molecular weight excluding hydrogens is 220 g/mol. The molecule has 4 aliphatic rings. The fourth-order valence-corrected chi connectivity index (χ4v) is 3.29. The molecule has 17 heavy (non-hydrogen) atoms. The summed E-state index contributed by atoms with van der Waals surface area (Å²) in [6.07, 6.45) is 5.58. The standard InChI is InChI=1S/C9H14O3.C4H6O/c10-8-7-2-5-1-6(12-7)4-9(8,11)3-5;1-3-5-4-2/h5-8,10-11H,1-4H2;3-4H,1-2H2. The predicted octanol–water partition coefficient (Wildman–Crippen LogP) is 1.34. The molecule has 0 amide bonds. The lowest BCUT2D eigenvalue weighted by Gasteiger charge is -2.56. The Kier molecular flexibility index (Phi) is 3.56. The molecule has 4 bridgehead atoms. The van der Waals surface area contributed by atoms with E-state index in [1.54, 1.807) is 0 Å². The average molecular weight is 240 g/mol. The minimum absolute atomic E-state index is 0.0822. The second-order valence-corrected chi connectivity index (χ2v) is 5.06. The Hall–Kier alpha value is -0.840. The quantitative estimate of drug-likeness (QED) is 0.715. The van der Waals surface area contributed by atoms with Crippen LogP contribution in [0.4, 0.5) is 0 Å². The fraction of sp³-hybridized carbons (Fsp3) is 0.692. The van der Waals surface area contributed by atoms with Gasteiger partial charge < -0.3 is 19.7 Å². The molecule has 0 radical (unpaired) electrons. The normalized spacial score (nSPS) is 45.8. The van der Waals surface area contributed by atoms with E-state index in [2.05, 4.69) is 17.9 Å². The van der Waals surface area contributed by atoms with Crippen LogP contribution in [0.1, 0.15) is 25.7 Å². The van der Waals surface area contributed by atoms with Crippen molar-refractivity contribution in [3.63, 3.8) is 0 Å². The molecule has 5 atom stereocenters. The molecular formula is C13H20O4. The first-order chi connectivity index (χ1) is 8.09. The van der Waals surface area contributed by atoms with E-state index in [1.165, 1.54) is 12.5 Å². The summed E-state index contributed by atoms with van der Waals surface area (Å²) in [5.41, 5.74) is -0.811. The van der Waals surface area contributed by atoms with Crippen LogP contribution in [0.15, 0.2) is 25.7 Å². The third-order valence-corrected chi connectivity index (χ3v) is 3.85. The molecule has 2 heterocycles. The highest BCUT2D eigenvalue weighted by Crippen LogP contribution is 2.49. The van der Waals surface area contributed by atoms with E-state index < -0.39 is 11.7 Å². The second kappa shape index (κ2) is 4.80. The summed E-state index contributed by atoms with van der Waals surface area (Å²) in [5.74, 6) is 0.593. The van der Waals surface area contributed by atoms with Crippen molar-refractivity contribution in [3.05, 3.63) is 25.7 Å². The van der Waals surface area contributed by atoms with E-state index in [0.29, 0.717) is 12.3 Å². The van der Waals surface area contributed by atoms with Crippen molar-refractivity contribution in [2.45, 2.75) is 49.6 Å². The van der Waals surface area contributed by atoms with Crippen LogP contribution < -0.4 is 0 Å². The predicted molar refractivity (Wildman–Crippen MR) is 63.1 cm³/mol. The average Bonchev–Trinajstić information content (AvgIpc) is 2.26. The maximum Gasteiger partial charge on any atom is 0.109 e. The van der Waals surface area contributed by atoms with Crippen LogP contribution in [0.2, 0.25) is 0 Å². The van der Waals surface area contributed by atoms with Crippen molar-refractivity contribution < 1.29 is 19.7 Å². The van der Waals surface area contributed by atoms with Crippen LogP contribution in [-0.2, 0) is 9.47 Å². The maximum absolute atomic E-state index is 10.0. The molecule has 4 heteroatoms. The Balaban J connectivity index is 0.000000188. The summed E-state index contributed by atoms with van der Waals surface area (Å²) in [6.45, 7) is 6.51. The van der Waals surface area contributed by atoms with Gasteiger partial charge in [-0.1, -0.05) is 13.2 Å². The molecule has 2 saturated heterocycles. The van der Waals surface area contributed by atoms with Gasteiger partial charge in [0.05, 0.1) is 30.3 Å². The van der Waals surface area contributed by atoms with E-state index >= 15 is 0 Å². The highest BCUT2D eigenvalue weighted by atomic mass is 16.5. The molecule has 0 aromatic heterocycles. The Morgan fingerprint density at radius 3 is 2.41 bits per heavy atom. The number of hydrogen-bond acceptors (Lipinski definition) is 4. The van der Waals surface area contributed by atoms with Gasteiger partial charge in [-0.2, -0.15) is 0 Å². The van der Waals surface area contributed by atoms with E-state index in [9.17, 15) is 10.2 Å². The van der Waals surface area contributed by atoms with Gasteiger partial charge in [0.2, 0.25) is 0 Å². The van der Waals surface area contributed by atoms with Gasteiger partial charge in [-0.3, -0.25) is 0 Å². The van der Waals surface area contributed by atoms with E-state index in [-0.39, 0.29) is 12.2 Å². The monoisotopic (exact) mass is 240 g/mol. The summed E-state index contributed by atoms with van der Waals surface area (Å²) in [5, 5.41) is 19.8. The fourth-order valence-electron chi connectivity index (χ4n) is 3.29. The molecule has 96 valence electrons. The van der Waals surface area contributed by atoms with Crippen molar-refractivity contribution in [2.75, 3.05) is 0 Å². The highest BCUT2D eigenvalue weighted by molar-refractivity contribution is 5.07. The van der Waals surface area contributed by atoms with Crippen LogP contribution in [0, 0.1) is 5.92 Å². The van der Waals surface area contributed by atoms with Gasteiger partial charge >= 0.3 is 0 Å². The summed E-state index contributed by atoms with van der Waals surface area (Å²) in [6, 6.07) is 0. The largest absolute Gasteiger partial charge is 0.474 e. The number of hydrogen-bond donors (Lipinski definition) is 2. The maximum atomic E-state index is 10.0. The molecule has 2 N–H and O–H groups in total. The Morgan fingerprint density at radius 1 is 1.24 bits per heavy atom. The van der Waals surface area contributed by atoms with E-state index in [4.69, 9.17) is 4.74 Å². The minimum Gasteiger partial charge on any atom is -0.474 e. The molecule has 5 unspecified atom stereocenters. The van der Waals surface area contributed by atoms with E-state index in [0.717, 1.165) is 19.3 Å². The first-order valence-corrected chi connectivity index (χ1v) is 6.02. The number of ether oxygens (including phenoxy) is 2. The Morgan fingerprint density at radius 2 is 1.94 bits per heavy atom. The molecule has 4 fully saturated rings. The van der Waals surface area contributed by atoms with Crippen LogP contribution in [0.25, 0.3) is 0 Å². The molecule has 4 nitrogen and oxygen atoms in total. The molecule has 2 aliphatic carbocycles. The summed E-state index contributed by atoms with van der Waals surface area (Å²) < 4.78 is 9.95. The first-order valence-electron chi connectivity index (χ1n) is 6.02. The smallest absolute Gasteiger partial charge is 0.109 e. The third-order valence-electron chi connectivity index (χ3n) is 3.85. The van der Waals surface area contributed by atoms with Gasteiger partial charge in [0.15, 0.2) is 0 Å². The number of aliphatic hydroxyl groups excluding tert-OH is 1. The SMILES string of the molecule is C=COC=C.OC1C2CC3CC(CC1(O)C3)O2. The third kappa shape index (κ3) is 2.39. The van der Waals surface area contributed by atoms with Crippen molar-refractivity contribution in [2.24, 2.45) is 5.92 Å². The van der Waals surface area contributed by atoms with Crippen molar-refractivity contribution in [1.82, 2.24) is 0 Å². The topological polar surface area (TPSA) is 58.9 Å². The molecule has 4 rings (SSSR count). The van der Waals surface area contributed by atoms with Gasteiger partial charge in [-0.05, 0) is 25.2 Å². The minimum atomic E-state index is -0.811. The zero-order valence-corrected chi connectivity index (χ0v) is 9.92. The molecule has 2 aliphatic heterocycles. The first kappa shape index (κ1) is 12.6. The van der Waals surface area contributed by atoms with Crippen molar-refractivity contribution >= 4 is 0 Å². The van der Waals surface area contributed by atoms with Gasteiger partial charge in [-0.25, -0.2) is 0 Å². The van der Waals surface area contributed by atoms with Crippen molar-refractivity contribution in [1.29, 1.82) is 0 Å². The van der Waals surface area contributed by atoms with Crippen LogP contribution in [0.5, 0.6) is 0 Å². The van der Waals surface area contributed by atoms with Crippen LogP contribution in [-0.4, -0.2) is 34.1 Å². The zero-order valence-electron chi connectivity index (χ0n) is 9.92. The van der Waals surface area contributed by atoms with Gasteiger partial charge in [-0.15, -0.1) is 0 Å². The summed E-state index contributed by atoms with van der Waals surface area (Å²) in [4.78, 5) is 0. The lowest BCUT2D eigenvalue weighted by molar-refractivity contribution is -0.276. The summed E-state index contributed by atoms with van der Waals surface area (Å²) in [7, 11) is 0. The molecule has 0 aromatic rings. The van der Waals surface area contributed by atoms with Gasteiger partial charge in [0.25, 0.3) is 0 Å². The number of aliphatic hydroxyl groups is 2. The zero-order chi connectivity index (χ0) is 12.5.